The van der Waals surface area contributed by atoms with Crippen LogP contribution in [0.2, 0.25) is 0 Å². The van der Waals surface area contributed by atoms with Gasteiger partial charge < -0.3 is 15.5 Å². The zero-order valence-corrected chi connectivity index (χ0v) is 11.4. The summed E-state index contributed by atoms with van der Waals surface area (Å²) in [5, 5.41) is 6.38. The maximum Gasteiger partial charge on any atom is 0.239 e. The lowest BCUT2D eigenvalue weighted by Gasteiger charge is -2.32. The monoisotopic (exact) mass is 265 g/mol. The molecule has 1 unspecified atom stereocenters. The fraction of sp³-hybridized carbons (Fsp3) is 0.857. The molecule has 5 nitrogen and oxygen atoms in total. The maximum atomic E-state index is 12.3. The van der Waals surface area contributed by atoms with Crippen molar-refractivity contribution in [3.05, 3.63) is 0 Å². The summed E-state index contributed by atoms with van der Waals surface area (Å²) in [6.07, 6.45) is 7.06. The second kappa shape index (κ2) is 5.49. The van der Waals surface area contributed by atoms with Gasteiger partial charge in [0.2, 0.25) is 11.8 Å². The molecule has 0 aromatic rings. The van der Waals surface area contributed by atoms with Crippen LogP contribution in [0, 0.1) is 0 Å². The van der Waals surface area contributed by atoms with E-state index in [0.717, 1.165) is 32.2 Å². The molecule has 2 saturated carbocycles. The Morgan fingerprint density at radius 1 is 1.16 bits per heavy atom. The summed E-state index contributed by atoms with van der Waals surface area (Å²) in [7, 11) is 0. The van der Waals surface area contributed by atoms with Crippen LogP contribution in [0.5, 0.6) is 0 Å². The molecule has 1 saturated heterocycles. The van der Waals surface area contributed by atoms with E-state index in [1.54, 1.807) is 0 Å². The summed E-state index contributed by atoms with van der Waals surface area (Å²) in [5.41, 5.74) is 0. The highest BCUT2D eigenvalue weighted by molar-refractivity contribution is 5.83. The first-order valence-electron chi connectivity index (χ1n) is 7.56. The Labute approximate surface area is 114 Å². The number of nitrogens with one attached hydrogen (secondary N) is 2. The van der Waals surface area contributed by atoms with Crippen molar-refractivity contribution < 1.29 is 9.59 Å². The van der Waals surface area contributed by atoms with Gasteiger partial charge in [-0.15, -0.1) is 0 Å². The lowest BCUT2D eigenvalue weighted by atomic mass is 10.0. The molecule has 1 atom stereocenters. The van der Waals surface area contributed by atoms with Gasteiger partial charge >= 0.3 is 0 Å². The minimum Gasteiger partial charge on any atom is -0.353 e. The zero-order valence-electron chi connectivity index (χ0n) is 11.4. The van der Waals surface area contributed by atoms with Gasteiger partial charge in [0, 0.05) is 31.6 Å². The first kappa shape index (κ1) is 12.9. The Morgan fingerprint density at radius 2 is 1.89 bits per heavy atom. The zero-order chi connectivity index (χ0) is 13.2. The van der Waals surface area contributed by atoms with Gasteiger partial charge in [-0.25, -0.2) is 0 Å². The summed E-state index contributed by atoms with van der Waals surface area (Å²) in [6, 6.07) is 0.966. The van der Waals surface area contributed by atoms with E-state index >= 15 is 0 Å². The van der Waals surface area contributed by atoms with Crippen molar-refractivity contribution in [2.75, 3.05) is 13.1 Å². The van der Waals surface area contributed by atoms with Crippen molar-refractivity contribution in [3.63, 3.8) is 0 Å². The average Bonchev–Trinajstić information content (AvgIpc) is 3.26. The fourth-order valence-electron chi connectivity index (χ4n) is 2.62. The third-order valence-electron chi connectivity index (χ3n) is 4.10. The van der Waals surface area contributed by atoms with E-state index < -0.39 is 0 Å². The van der Waals surface area contributed by atoms with Crippen LogP contribution in [0.15, 0.2) is 0 Å². The molecule has 2 aliphatic carbocycles. The number of hydrogen-bond acceptors (Lipinski definition) is 3. The molecular weight excluding hydrogens is 242 g/mol. The van der Waals surface area contributed by atoms with Crippen molar-refractivity contribution in [2.24, 2.45) is 0 Å². The molecule has 3 aliphatic rings. The molecule has 0 spiro atoms. The Balaban J connectivity index is 1.43. The molecule has 0 radical (unpaired) electrons. The third kappa shape index (κ3) is 3.69. The number of hydrogen-bond donors (Lipinski definition) is 2. The van der Waals surface area contributed by atoms with E-state index in [-0.39, 0.29) is 17.9 Å². The van der Waals surface area contributed by atoms with Crippen LogP contribution in [0.25, 0.3) is 0 Å². The van der Waals surface area contributed by atoms with Crippen LogP contribution in [0.3, 0.4) is 0 Å². The molecule has 0 aromatic carbocycles. The summed E-state index contributed by atoms with van der Waals surface area (Å²) in [5.74, 6) is 0.282. The van der Waals surface area contributed by atoms with Gasteiger partial charge in [-0.3, -0.25) is 9.59 Å². The van der Waals surface area contributed by atoms with Gasteiger partial charge in [-0.1, -0.05) is 0 Å². The Morgan fingerprint density at radius 3 is 2.58 bits per heavy atom. The molecule has 106 valence electrons. The molecule has 3 rings (SSSR count). The Bertz CT molecular complexity index is 364. The molecule has 2 amide bonds. The van der Waals surface area contributed by atoms with Crippen LogP contribution < -0.4 is 10.6 Å². The number of likely N-dealkylation sites (tertiary alicyclic amines) is 1. The average molecular weight is 265 g/mol. The number of piperidine rings is 1. The van der Waals surface area contributed by atoms with Gasteiger partial charge in [0.1, 0.15) is 0 Å². The van der Waals surface area contributed by atoms with Crippen LogP contribution in [-0.2, 0) is 9.59 Å². The van der Waals surface area contributed by atoms with E-state index in [2.05, 4.69) is 10.6 Å². The van der Waals surface area contributed by atoms with E-state index in [1.807, 2.05) is 4.90 Å². The Hall–Kier alpha value is -1.10. The fourth-order valence-corrected chi connectivity index (χ4v) is 2.62. The normalized spacial score (nSPS) is 27.5. The van der Waals surface area contributed by atoms with E-state index in [4.69, 9.17) is 0 Å². The molecule has 1 aliphatic heterocycles. The molecule has 1 heterocycles. The molecule has 19 heavy (non-hydrogen) atoms. The highest BCUT2D eigenvalue weighted by atomic mass is 16.2. The van der Waals surface area contributed by atoms with Crippen LogP contribution in [0.1, 0.15) is 44.9 Å². The topological polar surface area (TPSA) is 61.4 Å². The summed E-state index contributed by atoms with van der Waals surface area (Å²) < 4.78 is 0. The predicted molar refractivity (Wildman–Crippen MR) is 71.5 cm³/mol. The minimum absolute atomic E-state index is 0.00672. The predicted octanol–water partition coefficient (Wildman–Crippen LogP) is 0.398. The lowest BCUT2D eigenvalue weighted by Crippen LogP contribution is -2.51. The van der Waals surface area contributed by atoms with Gasteiger partial charge in [-0.05, 0) is 38.5 Å². The minimum atomic E-state index is -0.00672. The van der Waals surface area contributed by atoms with Gasteiger partial charge in [0.05, 0.1) is 6.04 Å². The second-order valence-corrected chi connectivity index (χ2v) is 6.05. The maximum absolute atomic E-state index is 12.3. The molecule has 3 fully saturated rings. The highest BCUT2D eigenvalue weighted by Gasteiger charge is 2.33. The molecule has 5 heteroatoms. The van der Waals surface area contributed by atoms with Crippen LogP contribution in [0.4, 0.5) is 0 Å². The van der Waals surface area contributed by atoms with Crippen molar-refractivity contribution in [2.45, 2.75) is 63.1 Å². The van der Waals surface area contributed by atoms with Crippen molar-refractivity contribution in [1.82, 2.24) is 15.5 Å². The lowest BCUT2D eigenvalue weighted by molar-refractivity contribution is -0.136. The molecule has 0 bridgehead atoms. The molecule has 0 aromatic heterocycles. The first-order valence-corrected chi connectivity index (χ1v) is 7.56. The number of carbonyl (C=O) groups excluding carboxylic acids is 2. The van der Waals surface area contributed by atoms with E-state index in [0.29, 0.717) is 25.0 Å². The Kier molecular flexibility index (Phi) is 3.73. The number of carbonyl (C=O) groups is 2. The van der Waals surface area contributed by atoms with Crippen LogP contribution >= 0.6 is 0 Å². The standard InChI is InChI=1S/C14H23N3O2/c18-13(16-11-5-6-11)7-9-17-8-1-2-12(14(17)19)15-10-3-4-10/h10-12,15H,1-9H2,(H,16,18). The largest absolute Gasteiger partial charge is 0.353 e. The van der Waals surface area contributed by atoms with E-state index in [9.17, 15) is 9.59 Å². The third-order valence-corrected chi connectivity index (χ3v) is 4.10. The van der Waals surface area contributed by atoms with Crippen molar-refractivity contribution in [3.8, 4) is 0 Å². The molecule has 2 N–H and O–H groups in total. The van der Waals surface area contributed by atoms with Crippen molar-refractivity contribution >= 4 is 11.8 Å². The van der Waals surface area contributed by atoms with E-state index in [1.165, 1.54) is 12.8 Å². The quantitative estimate of drug-likeness (QED) is 0.731. The van der Waals surface area contributed by atoms with Crippen molar-refractivity contribution in [1.29, 1.82) is 0 Å². The first-order chi connectivity index (χ1) is 9.22. The number of rotatable bonds is 6. The summed E-state index contributed by atoms with van der Waals surface area (Å²) in [4.78, 5) is 25.8. The molecular formula is C14H23N3O2. The number of amides is 2. The SMILES string of the molecule is O=C(CCN1CCCC(NC2CC2)C1=O)NC1CC1. The number of nitrogens with zero attached hydrogens (tertiary/aromatic N) is 1. The van der Waals surface area contributed by atoms with Gasteiger partial charge in [0.15, 0.2) is 0 Å². The van der Waals surface area contributed by atoms with Gasteiger partial charge in [-0.2, -0.15) is 0 Å². The summed E-state index contributed by atoms with van der Waals surface area (Å²) >= 11 is 0. The summed E-state index contributed by atoms with van der Waals surface area (Å²) in [6.45, 7) is 1.37. The van der Waals surface area contributed by atoms with Gasteiger partial charge in [0.25, 0.3) is 0 Å². The second-order valence-electron chi connectivity index (χ2n) is 6.05. The highest BCUT2D eigenvalue weighted by Crippen LogP contribution is 2.22. The van der Waals surface area contributed by atoms with Crippen LogP contribution in [-0.4, -0.2) is 47.9 Å². The smallest absolute Gasteiger partial charge is 0.239 e.